The maximum Gasteiger partial charge on any atom is 0.138 e. The second-order valence-corrected chi connectivity index (χ2v) is 4.82. The molecule has 1 N–H and O–H groups in total. The van der Waals surface area contributed by atoms with Gasteiger partial charge in [-0.2, -0.15) is 0 Å². The SMILES string of the molecule is Cn1cc2c(c1)-c1cccnc1Nc1ccccc1-2. The van der Waals surface area contributed by atoms with E-state index in [0.717, 1.165) is 17.1 Å². The van der Waals surface area contributed by atoms with E-state index in [0.29, 0.717) is 0 Å². The van der Waals surface area contributed by atoms with E-state index < -0.39 is 0 Å². The van der Waals surface area contributed by atoms with Gasteiger partial charge in [-0.05, 0) is 18.2 Å². The number of fused-ring (bicyclic) bond motifs is 5. The summed E-state index contributed by atoms with van der Waals surface area (Å²) in [5.74, 6) is 0.917. The molecule has 0 unspecified atom stereocenters. The average molecular weight is 247 g/mol. The van der Waals surface area contributed by atoms with Crippen molar-refractivity contribution in [2.75, 3.05) is 5.32 Å². The number of nitrogens with one attached hydrogen (secondary N) is 1. The minimum atomic E-state index is 0.917. The van der Waals surface area contributed by atoms with E-state index in [-0.39, 0.29) is 0 Å². The monoisotopic (exact) mass is 247 g/mol. The summed E-state index contributed by atoms with van der Waals surface area (Å²) in [7, 11) is 2.06. The first-order valence-electron chi connectivity index (χ1n) is 6.31. The van der Waals surface area contributed by atoms with Crippen LogP contribution in [0, 0.1) is 0 Å². The lowest BCUT2D eigenvalue weighted by molar-refractivity contribution is 0.929. The number of hydrogen-bond donors (Lipinski definition) is 1. The van der Waals surface area contributed by atoms with Gasteiger partial charge in [0.1, 0.15) is 5.82 Å². The molecule has 3 heterocycles. The molecular weight excluding hydrogens is 234 g/mol. The summed E-state index contributed by atoms with van der Waals surface area (Å²) in [5.41, 5.74) is 5.94. The summed E-state index contributed by atoms with van der Waals surface area (Å²) in [6, 6.07) is 12.4. The molecule has 2 aromatic heterocycles. The summed E-state index contributed by atoms with van der Waals surface area (Å²) in [4.78, 5) is 4.47. The van der Waals surface area contributed by atoms with Crippen molar-refractivity contribution in [1.82, 2.24) is 9.55 Å². The highest BCUT2D eigenvalue weighted by Gasteiger charge is 2.20. The van der Waals surface area contributed by atoms with E-state index in [1.807, 2.05) is 18.3 Å². The molecule has 3 aromatic rings. The zero-order valence-corrected chi connectivity index (χ0v) is 10.6. The number of aryl methyl sites for hydroxylation is 1. The maximum atomic E-state index is 4.47. The van der Waals surface area contributed by atoms with Crippen LogP contribution in [0.15, 0.2) is 55.0 Å². The molecule has 3 heteroatoms. The highest BCUT2D eigenvalue weighted by molar-refractivity contribution is 5.97. The fourth-order valence-corrected chi connectivity index (χ4v) is 2.69. The van der Waals surface area contributed by atoms with Gasteiger partial charge in [-0.1, -0.05) is 18.2 Å². The molecule has 0 saturated carbocycles. The quantitative estimate of drug-likeness (QED) is 0.512. The zero-order chi connectivity index (χ0) is 12.8. The van der Waals surface area contributed by atoms with Crippen LogP contribution in [0.1, 0.15) is 0 Å². The summed E-state index contributed by atoms with van der Waals surface area (Å²) < 4.78 is 2.10. The number of para-hydroxylation sites is 1. The van der Waals surface area contributed by atoms with Crippen molar-refractivity contribution in [1.29, 1.82) is 0 Å². The van der Waals surface area contributed by atoms with E-state index in [2.05, 4.69) is 58.6 Å². The van der Waals surface area contributed by atoms with Gasteiger partial charge in [0, 0.05) is 53.6 Å². The smallest absolute Gasteiger partial charge is 0.138 e. The Balaban J connectivity index is 2.12. The molecule has 0 saturated heterocycles. The van der Waals surface area contributed by atoms with Crippen LogP contribution >= 0.6 is 0 Å². The molecule has 0 atom stereocenters. The van der Waals surface area contributed by atoms with E-state index in [4.69, 9.17) is 0 Å². The van der Waals surface area contributed by atoms with Crippen LogP contribution < -0.4 is 5.32 Å². The van der Waals surface area contributed by atoms with E-state index in [9.17, 15) is 0 Å². The first-order valence-corrected chi connectivity index (χ1v) is 6.31. The molecule has 0 aliphatic carbocycles. The molecular formula is C16H13N3. The van der Waals surface area contributed by atoms with Gasteiger partial charge < -0.3 is 9.88 Å². The van der Waals surface area contributed by atoms with Crippen molar-refractivity contribution >= 4 is 11.5 Å². The van der Waals surface area contributed by atoms with Gasteiger partial charge in [0.15, 0.2) is 0 Å². The molecule has 0 bridgehead atoms. The van der Waals surface area contributed by atoms with Gasteiger partial charge in [0.05, 0.1) is 0 Å². The third-order valence-corrected chi connectivity index (χ3v) is 3.52. The van der Waals surface area contributed by atoms with Gasteiger partial charge >= 0.3 is 0 Å². The fraction of sp³-hybridized carbons (Fsp3) is 0.0625. The zero-order valence-electron chi connectivity index (χ0n) is 10.6. The Morgan fingerprint density at radius 2 is 1.63 bits per heavy atom. The van der Waals surface area contributed by atoms with Crippen molar-refractivity contribution in [3.8, 4) is 22.3 Å². The highest BCUT2D eigenvalue weighted by Crippen LogP contribution is 2.43. The molecule has 1 aliphatic rings. The first kappa shape index (κ1) is 10.4. The Morgan fingerprint density at radius 1 is 0.895 bits per heavy atom. The number of aromatic nitrogens is 2. The predicted octanol–water partition coefficient (Wildman–Crippen LogP) is 3.81. The molecule has 92 valence electrons. The Kier molecular flexibility index (Phi) is 2.03. The average Bonchev–Trinajstić information content (AvgIpc) is 2.76. The third kappa shape index (κ3) is 1.48. The Labute approximate surface area is 111 Å². The van der Waals surface area contributed by atoms with Gasteiger partial charge in [-0.25, -0.2) is 4.98 Å². The predicted molar refractivity (Wildman–Crippen MR) is 77.4 cm³/mol. The highest BCUT2D eigenvalue weighted by atomic mass is 15.0. The lowest BCUT2D eigenvalue weighted by Crippen LogP contribution is -1.94. The molecule has 1 aromatic carbocycles. The van der Waals surface area contributed by atoms with Crippen LogP contribution in [0.4, 0.5) is 11.5 Å². The van der Waals surface area contributed by atoms with Crippen molar-refractivity contribution in [2.24, 2.45) is 7.05 Å². The van der Waals surface area contributed by atoms with Crippen molar-refractivity contribution in [3.05, 3.63) is 55.0 Å². The standard InChI is InChI=1S/C16H13N3/c1-19-9-13-11-5-2-3-7-15(11)18-16-12(14(13)10-19)6-4-8-17-16/h2-10H,1H3,(H,17,18). The molecule has 3 nitrogen and oxygen atoms in total. The molecule has 1 aliphatic heterocycles. The maximum absolute atomic E-state index is 4.47. The van der Waals surface area contributed by atoms with Crippen LogP contribution in [0.5, 0.6) is 0 Å². The van der Waals surface area contributed by atoms with Gasteiger partial charge in [0.2, 0.25) is 0 Å². The topological polar surface area (TPSA) is 29.9 Å². The Morgan fingerprint density at radius 3 is 2.53 bits per heavy atom. The minimum absolute atomic E-state index is 0.917. The first-order chi connectivity index (χ1) is 9.33. The van der Waals surface area contributed by atoms with Gasteiger partial charge in [-0.3, -0.25) is 0 Å². The second kappa shape index (κ2) is 3.72. The van der Waals surface area contributed by atoms with Crippen molar-refractivity contribution < 1.29 is 0 Å². The number of nitrogens with zero attached hydrogens (tertiary/aromatic N) is 2. The number of anilines is 2. The van der Waals surface area contributed by atoms with E-state index >= 15 is 0 Å². The van der Waals surface area contributed by atoms with E-state index in [1.165, 1.54) is 16.7 Å². The van der Waals surface area contributed by atoms with Crippen LogP contribution in [-0.4, -0.2) is 9.55 Å². The molecule has 0 fully saturated rings. The number of hydrogen-bond acceptors (Lipinski definition) is 2. The lowest BCUT2D eigenvalue weighted by Gasteiger charge is -2.08. The summed E-state index contributed by atoms with van der Waals surface area (Å²) in [5, 5.41) is 3.44. The van der Waals surface area contributed by atoms with Crippen LogP contribution in [0.2, 0.25) is 0 Å². The number of benzene rings is 1. The summed E-state index contributed by atoms with van der Waals surface area (Å²) in [6.45, 7) is 0. The van der Waals surface area contributed by atoms with Crippen molar-refractivity contribution in [2.45, 2.75) is 0 Å². The third-order valence-electron chi connectivity index (χ3n) is 3.52. The summed E-state index contributed by atoms with van der Waals surface area (Å²) in [6.07, 6.45) is 6.14. The van der Waals surface area contributed by atoms with Gasteiger partial charge in [-0.15, -0.1) is 0 Å². The molecule has 0 amide bonds. The van der Waals surface area contributed by atoms with Gasteiger partial charge in [0.25, 0.3) is 0 Å². The van der Waals surface area contributed by atoms with Crippen LogP contribution in [0.25, 0.3) is 22.3 Å². The lowest BCUT2D eigenvalue weighted by atomic mass is 10.0. The molecule has 4 rings (SSSR count). The normalized spacial score (nSPS) is 11.8. The number of pyridine rings is 1. The molecule has 0 spiro atoms. The minimum Gasteiger partial charge on any atom is -0.356 e. The Hall–Kier alpha value is -2.55. The largest absolute Gasteiger partial charge is 0.356 e. The Bertz CT molecular complexity index is 708. The molecule has 0 radical (unpaired) electrons. The second-order valence-electron chi connectivity index (χ2n) is 4.82. The van der Waals surface area contributed by atoms with Crippen LogP contribution in [0.3, 0.4) is 0 Å². The molecule has 19 heavy (non-hydrogen) atoms. The summed E-state index contributed by atoms with van der Waals surface area (Å²) >= 11 is 0. The fourth-order valence-electron chi connectivity index (χ4n) is 2.69. The van der Waals surface area contributed by atoms with E-state index in [1.54, 1.807) is 0 Å². The van der Waals surface area contributed by atoms with Crippen molar-refractivity contribution in [3.63, 3.8) is 0 Å². The number of rotatable bonds is 0. The van der Waals surface area contributed by atoms with Crippen LogP contribution in [-0.2, 0) is 7.05 Å².